The van der Waals surface area contributed by atoms with Crippen molar-refractivity contribution in [1.29, 1.82) is 0 Å². The summed E-state index contributed by atoms with van der Waals surface area (Å²) < 4.78 is 80.9. The van der Waals surface area contributed by atoms with Crippen molar-refractivity contribution < 1.29 is 40.8 Å². The maximum atomic E-state index is 12.8. The fourth-order valence-corrected chi connectivity index (χ4v) is 1.56. The number of ether oxygens (including phenoxy) is 1. The van der Waals surface area contributed by atoms with Gasteiger partial charge in [-0.05, 0) is 12.1 Å². The lowest BCUT2D eigenvalue weighted by Crippen LogP contribution is -2.26. The van der Waals surface area contributed by atoms with E-state index in [1.54, 1.807) is 5.32 Å². The third-order valence-corrected chi connectivity index (χ3v) is 2.72. The highest BCUT2D eigenvalue weighted by Crippen LogP contribution is 2.36. The number of alkyl halides is 6. The molecule has 148 valence electrons. The normalized spacial score (nSPS) is 13.3. The molecule has 1 aromatic carbocycles. The van der Waals surface area contributed by atoms with E-state index in [0.29, 0.717) is 12.1 Å². The maximum Gasteiger partial charge on any atom is 0.433 e. The molecule has 0 aromatic heterocycles. The minimum absolute atomic E-state index is 0.0522. The van der Waals surface area contributed by atoms with Gasteiger partial charge in [-0.25, -0.2) is 4.79 Å². The quantitative estimate of drug-likeness (QED) is 0.265. The SMILES string of the molecule is CNC(=O)/N=C(/C=C(\N)Oc1ccc(C(F)(F)F)cc1[N+](=O)[O-])C(F)(F)F. The minimum atomic E-state index is -5.13. The molecule has 3 N–H and O–H groups in total. The molecule has 0 aliphatic heterocycles. The summed E-state index contributed by atoms with van der Waals surface area (Å²) in [5, 5.41) is 12.7. The lowest BCUT2D eigenvalue weighted by atomic mass is 10.2. The van der Waals surface area contributed by atoms with E-state index in [2.05, 4.69) is 9.73 Å². The van der Waals surface area contributed by atoms with Crippen molar-refractivity contribution in [2.75, 3.05) is 7.05 Å². The summed E-state index contributed by atoms with van der Waals surface area (Å²) in [7, 11) is 1.01. The summed E-state index contributed by atoms with van der Waals surface area (Å²) in [6.07, 6.45) is -9.97. The molecule has 0 saturated heterocycles. The van der Waals surface area contributed by atoms with Crippen molar-refractivity contribution in [3.63, 3.8) is 0 Å². The van der Waals surface area contributed by atoms with Gasteiger partial charge in [-0.1, -0.05) is 0 Å². The largest absolute Gasteiger partial charge is 0.434 e. The number of hydrogen-bond acceptors (Lipinski definition) is 5. The van der Waals surface area contributed by atoms with E-state index >= 15 is 0 Å². The van der Waals surface area contributed by atoms with Crippen LogP contribution in [0.25, 0.3) is 0 Å². The predicted octanol–water partition coefficient (Wildman–Crippen LogP) is 3.14. The van der Waals surface area contributed by atoms with Gasteiger partial charge in [-0.3, -0.25) is 10.1 Å². The number of carbonyl (C=O) groups is 1. The molecule has 1 rings (SSSR count). The van der Waals surface area contributed by atoms with E-state index in [0.717, 1.165) is 7.05 Å². The highest BCUT2D eigenvalue weighted by atomic mass is 19.4. The van der Waals surface area contributed by atoms with Crippen LogP contribution in [0.5, 0.6) is 5.75 Å². The Morgan fingerprint density at radius 3 is 2.33 bits per heavy atom. The van der Waals surface area contributed by atoms with Gasteiger partial charge in [-0.15, -0.1) is 0 Å². The van der Waals surface area contributed by atoms with E-state index in [9.17, 15) is 41.3 Å². The molecule has 0 fully saturated rings. The monoisotopic (exact) mass is 400 g/mol. The van der Waals surface area contributed by atoms with Gasteiger partial charge in [0.2, 0.25) is 5.75 Å². The van der Waals surface area contributed by atoms with Crippen LogP contribution in [0.2, 0.25) is 0 Å². The van der Waals surface area contributed by atoms with Gasteiger partial charge in [0.15, 0.2) is 11.6 Å². The van der Waals surface area contributed by atoms with E-state index < -0.39 is 51.9 Å². The summed E-state index contributed by atoms with van der Waals surface area (Å²) in [6, 6.07) is -0.304. The Balaban J connectivity index is 3.29. The average molecular weight is 400 g/mol. The first-order chi connectivity index (χ1) is 12.3. The minimum Gasteiger partial charge on any atom is -0.434 e. The number of nitrogens with one attached hydrogen (secondary N) is 1. The maximum absolute atomic E-state index is 12.8. The Kier molecular flexibility index (Phi) is 6.37. The number of nitro benzene ring substituents is 1. The number of hydrogen-bond donors (Lipinski definition) is 2. The van der Waals surface area contributed by atoms with Crippen LogP contribution >= 0.6 is 0 Å². The molecule has 0 saturated carbocycles. The molecule has 2 amide bonds. The first-order valence-electron chi connectivity index (χ1n) is 6.64. The van der Waals surface area contributed by atoms with Gasteiger partial charge >= 0.3 is 24.1 Å². The van der Waals surface area contributed by atoms with Crippen LogP contribution < -0.4 is 15.8 Å². The van der Waals surface area contributed by atoms with Crippen LogP contribution in [0.1, 0.15) is 5.56 Å². The molecule has 0 aliphatic rings. The fraction of sp³-hybridized carbons (Fsp3) is 0.231. The second-order valence-electron chi connectivity index (χ2n) is 4.64. The zero-order valence-corrected chi connectivity index (χ0v) is 13.2. The van der Waals surface area contributed by atoms with Crippen LogP contribution in [0.4, 0.5) is 36.8 Å². The van der Waals surface area contributed by atoms with Crippen LogP contribution in [-0.2, 0) is 6.18 Å². The van der Waals surface area contributed by atoms with Gasteiger partial charge in [0.1, 0.15) is 0 Å². The van der Waals surface area contributed by atoms with Crippen LogP contribution in [0.3, 0.4) is 0 Å². The number of nitrogens with zero attached hydrogens (tertiary/aromatic N) is 2. The molecule has 0 unspecified atom stereocenters. The van der Waals surface area contributed by atoms with Crippen molar-refractivity contribution in [2.24, 2.45) is 10.7 Å². The van der Waals surface area contributed by atoms with Gasteiger partial charge in [0.05, 0.1) is 10.5 Å². The zero-order valence-electron chi connectivity index (χ0n) is 13.2. The molecule has 0 bridgehead atoms. The molecular weight excluding hydrogens is 390 g/mol. The number of nitrogens with two attached hydrogens (primary N) is 1. The number of allylic oxidation sites excluding steroid dienone is 1. The van der Waals surface area contributed by atoms with Gasteiger partial charge in [-0.2, -0.15) is 31.3 Å². The molecule has 0 spiro atoms. The molecule has 1 aromatic rings. The average Bonchev–Trinajstić information content (AvgIpc) is 2.52. The fourth-order valence-electron chi connectivity index (χ4n) is 1.56. The highest BCUT2D eigenvalue weighted by molar-refractivity contribution is 6.05. The summed E-state index contributed by atoms with van der Waals surface area (Å²) in [4.78, 5) is 23.3. The number of urea groups is 1. The van der Waals surface area contributed by atoms with E-state index in [1.165, 1.54) is 0 Å². The number of carbonyl (C=O) groups excluding carboxylic acids is 1. The Morgan fingerprint density at radius 1 is 1.30 bits per heavy atom. The van der Waals surface area contributed by atoms with Crippen molar-refractivity contribution in [1.82, 2.24) is 5.32 Å². The zero-order chi connectivity index (χ0) is 21.0. The van der Waals surface area contributed by atoms with Gasteiger partial charge in [0.25, 0.3) is 0 Å². The third-order valence-electron chi connectivity index (χ3n) is 2.72. The number of halogens is 6. The molecular formula is C13H10F6N4O4. The lowest BCUT2D eigenvalue weighted by Gasteiger charge is -2.11. The molecule has 0 atom stereocenters. The lowest BCUT2D eigenvalue weighted by molar-refractivity contribution is -0.386. The smallest absolute Gasteiger partial charge is 0.433 e. The summed E-state index contributed by atoms with van der Waals surface area (Å²) in [6.45, 7) is 0. The van der Waals surface area contributed by atoms with Gasteiger partial charge in [0, 0.05) is 19.2 Å². The van der Waals surface area contributed by atoms with Crippen molar-refractivity contribution in [2.45, 2.75) is 12.4 Å². The first-order valence-corrected chi connectivity index (χ1v) is 6.64. The van der Waals surface area contributed by atoms with E-state index in [1.807, 2.05) is 0 Å². The molecule has 0 aliphatic carbocycles. The third kappa shape index (κ3) is 6.16. The second-order valence-corrected chi connectivity index (χ2v) is 4.64. The van der Waals surface area contributed by atoms with E-state index in [-0.39, 0.29) is 12.1 Å². The molecule has 27 heavy (non-hydrogen) atoms. The Morgan fingerprint density at radius 2 is 1.89 bits per heavy atom. The number of benzene rings is 1. The molecule has 0 heterocycles. The Labute approximate surface area is 146 Å². The summed E-state index contributed by atoms with van der Waals surface area (Å²) in [5.41, 5.74) is 0.841. The van der Waals surface area contributed by atoms with Crippen LogP contribution in [0.15, 0.2) is 35.2 Å². The van der Waals surface area contributed by atoms with Crippen LogP contribution in [0, 0.1) is 10.1 Å². The van der Waals surface area contributed by atoms with E-state index in [4.69, 9.17) is 5.73 Å². The van der Waals surface area contributed by atoms with Gasteiger partial charge < -0.3 is 15.8 Å². The highest BCUT2D eigenvalue weighted by Gasteiger charge is 2.36. The second kappa shape index (κ2) is 7.92. The summed E-state index contributed by atoms with van der Waals surface area (Å²) in [5.74, 6) is -1.94. The predicted molar refractivity (Wildman–Crippen MR) is 78.9 cm³/mol. The molecule has 14 heteroatoms. The Bertz CT molecular complexity index is 801. The summed E-state index contributed by atoms with van der Waals surface area (Å²) >= 11 is 0. The molecule has 0 radical (unpaired) electrons. The van der Waals surface area contributed by atoms with Crippen molar-refractivity contribution >= 4 is 17.4 Å². The number of nitro groups is 1. The number of aliphatic imine (C=N–C) groups is 1. The Hall–Kier alpha value is -3.32. The molecule has 8 nitrogen and oxygen atoms in total. The topological polar surface area (TPSA) is 120 Å². The van der Waals surface area contributed by atoms with Crippen molar-refractivity contribution in [3.8, 4) is 5.75 Å². The van der Waals surface area contributed by atoms with Crippen molar-refractivity contribution in [3.05, 3.63) is 45.8 Å². The number of rotatable bonds is 4. The number of amides is 2. The van der Waals surface area contributed by atoms with Crippen LogP contribution in [-0.4, -0.2) is 29.9 Å². The standard InChI is InChI=1S/C13H10F6N4O4/c1-21-11(24)22-9(13(17,18)19)5-10(20)27-8-3-2-6(12(14,15)16)4-7(8)23(25)26/h2-5H,20H2,1H3,(H,21,24)/b10-5+,22-9-. The first kappa shape index (κ1) is 21.7.